The smallest absolute Gasteiger partial charge is 0.317 e. The van der Waals surface area contributed by atoms with Gasteiger partial charge in [-0.3, -0.25) is 4.79 Å². The van der Waals surface area contributed by atoms with Gasteiger partial charge in [0.15, 0.2) is 9.84 Å². The van der Waals surface area contributed by atoms with Crippen LogP contribution in [0.5, 0.6) is 0 Å². The van der Waals surface area contributed by atoms with E-state index < -0.39 is 33.5 Å². The summed E-state index contributed by atoms with van der Waals surface area (Å²) in [6.45, 7) is 3.83. The first-order valence-electron chi connectivity index (χ1n) is 6.58. The zero-order chi connectivity index (χ0) is 16.3. The third kappa shape index (κ3) is 5.50. The van der Waals surface area contributed by atoms with Gasteiger partial charge in [-0.2, -0.15) is 0 Å². The minimum atomic E-state index is -3.30. The molecule has 0 aromatic heterocycles. The van der Waals surface area contributed by atoms with Crippen molar-refractivity contribution >= 4 is 21.8 Å². The molecule has 1 atom stereocenters. The number of aliphatic carboxylic acids is 1. The molecule has 0 aromatic rings. The Hall–Kier alpha value is -1.35. The van der Waals surface area contributed by atoms with Crippen LogP contribution in [-0.2, 0) is 19.4 Å². The van der Waals surface area contributed by atoms with E-state index in [0.717, 1.165) is 0 Å². The van der Waals surface area contributed by atoms with E-state index in [0.29, 0.717) is 0 Å². The van der Waals surface area contributed by atoms with Gasteiger partial charge in [0.05, 0.1) is 29.6 Å². The lowest BCUT2D eigenvalue weighted by molar-refractivity contribution is -0.138. The molecule has 1 rings (SSSR count). The molecule has 0 saturated carbocycles. The summed E-state index contributed by atoms with van der Waals surface area (Å²) >= 11 is 0. The Kier molecular flexibility index (Phi) is 5.57. The molecule has 1 aliphatic heterocycles. The number of rotatable bonds is 5. The van der Waals surface area contributed by atoms with Crippen molar-refractivity contribution in [1.82, 2.24) is 10.2 Å². The van der Waals surface area contributed by atoms with E-state index in [9.17, 15) is 18.0 Å². The Morgan fingerprint density at radius 1 is 1.43 bits per heavy atom. The molecule has 1 aliphatic rings. The van der Waals surface area contributed by atoms with Crippen LogP contribution < -0.4 is 5.32 Å². The van der Waals surface area contributed by atoms with Gasteiger partial charge in [0.2, 0.25) is 0 Å². The minimum Gasteiger partial charge on any atom is -0.481 e. The third-order valence-electron chi connectivity index (χ3n) is 3.42. The number of nitrogens with one attached hydrogen (secondary N) is 1. The number of ether oxygens (including phenoxy) is 1. The van der Waals surface area contributed by atoms with Crippen molar-refractivity contribution in [1.29, 1.82) is 0 Å². The molecule has 2 N–H and O–H groups in total. The van der Waals surface area contributed by atoms with Gasteiger partial charge in [-0.15, -0.1) is 0 Å². The molecule has 8 nitrogen and oxygen atoms in total. The number of carboxylic acids is 1. The monoisotopic (exact) mass is 322 g/mol. The molecular formula is C12H22N2O6S. The summed E-state index contributed by atoms with van der Waals surface area (Å²) in [6.07, 6.45) is -0.389. The average Bonchev–Trinajstić information content (AvgIpc) is 2.34. The highest BCUT2D eigenvalue weighted by Gasteiger charge is 2.35. The maximum absolute atomic E-state index is 12.1. The Morgan fingerprint density at radius 3 is 2.57 bits per heavy atom. The summed E-state index contributed by atoms with van der Waals surface area (Å²) < 4.78 is 28.4. The van der Waals surface area contributed by atoms with Gasteiger partial charge in [0.1, 0.15) is 0 Å². The van der Waals surface area contributed by atoms with E-state index in [2.05, 4.69) is 5.32 Å². The summed E-state index contributed by atoms with van der Waals surface area (Å²) in [4.78, 5) is 24.3. The number of carboxylic acid groups (broad SMARTS) is 1. The van der Waals surface area contributed by atoms with Crippen LogP contribution in [0, 0.1) is 0 Å². The maximum atomic E-state index is 12.1. The number of hydrogen-bond donors (Lipinski definition) is 2. The maximum Gasteiger partial charge on any atom is 0.317 e. The van der Waals surface area contributed by atoms with Crippen LogP contribution in [0.2, 0.25) is 0 Å². The van der Waals surface area contributed by atoms with Crippen molar-refractivity contribution in [2.45, 2.75) is 31.9 Å². The normalized spacial score (nSPS) is 21.9. The highest BCUT2D eigenvalue weighted by molar-refractivity contribution is 7.91. The topological polar surface area (TPSA) is 113 Å². The van der Waals surface area contributed by atoms with Crippen LogP contribution >= 0.6 is 0 Å². The molecule has 1 heterocycles. The highest BCUT2D eigenvalue weighted by Crippen LogP contribution is 2.15. The summed E-state index contributed by atoms with van der Waals surface area (Å²) in [5.74, 6) is -1.60. The van der Waals surface area contributed by atoms with E-state index in [1.165, 1.54) is 12.0 Å². The van der Waals surface area contributed by atoms with Crippen LogP contribution in [0.3, 0.4) is 0 Å². The van der Waals surface area contributed by atoms with Crippen LogP contribution in [0.15, 0.2) is 0 Å². The Balaban J connectivity index is 2.73. The summed E-state index contributed by atoms with van der Waals surface area (Å²) in [7, 11) is -1.78. The van der Waals surface area contributed by atoms with E-state index in [-0.39, 0.29) is 31.0 Å². The van der Waals surface area contributed by atoms with Gasteiger partial charge in [-0.1, -0.05) is 0 Å². The zero-order valence-electron chi connectivity index (χ0n) is 12.5. The molecule has 1 unspecified atom stereocenters. The van der Waals surface area contributed by atoms with Gasteiger partial charge in [0.25, 0.3) is 0 Å². The van der Waals surface area contributed by atoms with E-state index in [4.69, 9.17) is 9.84 Å². The van der Waals surface area contributed by atoms with E-state index in [1.807, 2.05) is 0 Å². The fraction of sp³-hybridized carbons (Fsp3) is 0.833. The predicted molar refractivity (Wildman–Crippen MR) is 75.9 cm³/mol. The molecule has 2 amide bonds. The first-order valence-corrected chi connectivity index (χ1v) is 8.40. The molecule has 122 valence electrons. The molecule has 1 fully saturated rings. The number of urea groups is 1. The number of carbonyl (C=O) groups is 2. The van der Waals surface area contributed by atoms with Crippen molar-refractivity contribution in [2.75, 3.05) is 31.7 Å². The van der Waals surface area contributed by atoms with Crippen LogP contribution in [0.4, 0.5) is 4.79 Å². The van der Waals surface area contributed by atoms with Crippen molar-refractivity contribution in [3.63, 3.8) is 0 Å². The molecule has 0 radical (unpaired) electrons. The summed E-state index contributed by atoms with van der Waals surface area (Å²) in [5.41, 5.74) is -0.556. The molecule has 9 heteroatoms. The first-order chi connectivity index (χ1) is 9.56. The quantitative estimate of drug-likeness (QED) is 0.718. The summed E-state index contributed by atoms with van der Waals surface area (Å²) in [5, 5.41) is 11.5. The van der Waals surface area contributed by atoms with Gasteiger partial charge < -0.3 is 20.1 Å². The second-order valence-electron chi connectivity index (χ2n) is 5.68. The first kappa shape index (κ1) is 17.7. The fourth-order valence-electron chi connectivity index (χ4n) is 1.99. The molecule has 0 aliphatic carbocycles. The Bertz CT molecular complexity index is 502. The second-order valence-corrected chi connectivity index (χ2v) is 7.91. The molecule has 1 saturated heterocycles. The van der Waals surface area contributed by atoms with Gasteiger partial charge in [-0.05, 0) is 13.8 Å². The lowest BCUT2D eigenvalue weighted by Crippen LogP contribution is -2.56. The fourth-order valence-corrected chi connectivity index (χ4v) is 3.51. The zero-order valence-corrected chi connectivity index (χ0v) is 13.3. The number of methoxy groups -OCH3 is 1. The Morgan fingerprint density at radius 2 is 2.05 bits per heavy atom. The lowest BCUT2D eigenvalue weighted by atomic mass is 10.1. The van der Waals surface area contributed by atoms with E-state index >= 15 is 0 Å². The van der Waals surface area contributed by atoms with Crippen molar-refractivity contribution in [2.24, 2.45) is 0 Å². The summed E-state index contributed by atoms with van der Waals surface area (Å²) in [6, 6.07) is -1.31. The lowest BCUT2D eigenvalue weighted by Gasteiger charge is -2.35. The highest BCUT2D eigenvalue weighted by atomic mass is 32.2. The molecule has 0 aromatic carbocycles. The van der Waals surface area contributed by atoms with Crippen molar-refractivity contribution in [3.05, 3.63) is 0 Å². The standard InChI is InChI=1S/C12H22N2O6S/c1-12(2,20-3)8-13-11(17)14-4-5-21(18,19)7-9(14)6-10(15)16/h9H,4-8H2,1-3H3,(H,13,17)(H,15,16). The minimum absolute atomic E-state index is 0.000472. The van der Waals surface area contributed by atoms with Crippen LogP contribution in [0.25, 0.3) is 0 Å². The van der Waals surface area contributed by atoms with Crippen molar-refractivity contribution < 1.29 is 27.9 Å². The van der Waals surface area contributed by atoms with Crippen LogP contribution in [0.1, 0.15) is 20.3 Å². The second kappa shape index (κ2) is 6.61. The number of hydrogen-bond acceptors (Lipinski definition) is 5. The number of carbonyl (C=O) groups excluding carboxylic acids is 1. The molecule has 0 spiro atoms. The van der Waals surface area contributed by atoms with Gasteiger partial charge >= 0.3 is 12.0 Å². The average molecular weight is 322 g/mol. The molecule has 21 heavy (non-hydrogen) atoms. The molecular weight excluding hydrogens is 300 g/mol. The number of amides is 2. The molecule has 0 bridgehead atoms. The largest absolute Gasteiger partial charge is 0.481 e. The predicted octanol–water partition coefficient (Wildman–Crippen LogP) is -0.305. The van der Waals surface area contributed by atoms with Gasteiger partial charge in [0, 0.05) is 20.2 Å². The number of nitrogens with zero attached hydrogens (tertiary/aromatic N) is 1. The number of sulfone groups is 1. The van der Waals surface area contributed by atoms with Crippen LogP contribution in [-0.4, -0.2) is 73.8 Å². The SMILES string of the molecule is COC(C)(C)CNC(=O)N1CCS(=O)(=O)CC1CC(=O)O. The third-order valence-corrected chi connectivity index (χ3v) is 5.12. The van der Waals surface area contributed by atoms with E-state index in [1.54, 1.807) is 13.8 Å². The van der Waals surface area contributed by atoms with Crippen molar-refractivity contribution in [3.8, 4) is 0 Å². The Labute approximate surface area is 124 Å². The van der Waals surface area contributed by atoms with Gasteiger partial charge in [-0.25, -0.2) is 13.2 Å².